The molecule has 0 aliphatic heterocycles. The Kier molecular flexibility index (Phi) is 4.61. The molecule has 7 heteroatoms. The molecule has 0 atom stereocenters. The Bertz CT molecular complexity index is 529. The van der Waals surface area contributed by atoms with Gasteiger partial charge in [0.15, 0.2) is 0 Å². The number of hydrogen-bond donors (Lipinski definition) is 2. The van der Waals surface area contributed by atoms with E-state index in [-0.39, 0.29) is 16.5 Å². The van der Waals surface area contributed by atoms with E-state index in [9.17, 15) is 8.42 Å². The quantitative estimate of drug-likeness (QED) is 0.808. The topological polar surface area (TPSA) is 81.4 Å². The van der Waals surface area contributed by atoms with Crippen LogP contribution in [0.5, 0.6) is 0 Å². The maximum Gasteiger partial charge on any atom is 0.242 e. The number of anilines is 1. The van der Waals surface area contributed by atoms with Crippen LogP contribution in [-0.4, -0.2) is 27.7 Å². The number of ether oxygens (including phenoxy) is 1. The Balaban J connectivity index is 3.07. The first-order chi connectivity index (χ1) is 8.18. The zero-order valence-corrected chi connectivity index (χ0v) is 12.1. The van der Waals surface area contributed by atoms with Gasteiger partial charge in [-0.25, -0.2) is 13.1 Å². The highest BCUT2D eigenvalue weighted by Crippen LogP contribution is 2.24. The monoisotopic (exact) mass is 292 g/mol. The second kappa shape index (κ2) is 5.44. The first-order valence-electron chi connectivity index (χ1n) is 5.26. The van der Waals surface area contributed by atoms with Crippen LogP contribution in [0.15, 0.2) is 23.1 Å². The minimum atomic E-state index is -3.71. The van der Waals surface area contributed by atoms with Gasteiger partial charge in [-0.2, -0.15) is 0 Å². The molecule has 0 saturated heterocycles. The van der Waals surface area contributed by atoms with Crippen LogP contribution >= 0.6 is 11.6 Å². The zero-order valence-electron chi connectivity index (χ0n) is 10.5. The molecule has 0 saturated carbocycles. The lowest BCUT2D eigenvalue weighted by molar-refractivity contribution is 0.141. The molecule has 0 fully saturated rings. The Morgan fingerprint density at radius 2 is 2.06 bits per heavy atom. The molecule has 5 nitrogen and oxygen atoms in total. The lowest BCUT2D eigenvalue weighted by atomic mass is 10.1. The average molecular weight is 293 g/mol. The fourth-order valence-electron chi connectivity index (χ4n) is 1.54. The van der Waals surface area contributed by atoms with Crippen LogP contribution in [0.25, 0.3) is 0 Å². The molecule has 0 aliphatic rings. The summed E-state index contributed by atoms with van der Waals surface area (Å²) in [5.41, 5.74) is 5.21. The van der Waals surface area contributed by atoms with Gasteiger partial charge in [0.2, 0.25) is 10.0 Å². The van der Waals surface area contributed by atoms with Gasteiger partial charge in [-0.3, -0.25) is 0 Å². The average Bonchev–Trinajstić information content (AvgIpc) is 2.14. The third-order valence-electron chi connectivity index (χ3n) is 2.16. The molecule has 0 radical (unpaired) electrons. The molecular formula is C11H17ClN2O3S. The van der Waals surface area contributed by atoms with Crippen molar-refractivity contribution in [2.75, 3.05) is 19.5 Å². The number of nitrogens with two attached hydrogens (primary N) is 1. The number of hydrogen-bond acceptors (Lipinski definition) is 4. The molecule has 1 rings (SSSR count). The third kappa shape index (κ3) is 3.84. The van der Waals surface area contributed by atoms with Crippen molar-refractivity contribution in [2.24, 2.45) is 0 Å². The van der Waals surface area contributed by atoms with Crippen molar-refractivity contribution in [2.45, 2.75) is 24.3 Å². The highest BCUT2D eigenvalue weighted by Gasteiger charge is 2.27. The maximum absolute atomic E-state index is 12.2. The van der Waals surface area contributed by atoms with Crippen LogP contribution in [0.2, 0.25) is 5.02 Å². The highest BCUT2D eigenvalue weighted by atomic mass is 35.5. The fraction of sp³-hybridized carbons (Fsp3) is 0.455. The number of halogens is 1. The molecule has 0 spiro atoms. The number of nitrogens with one attached hydrogen (secondary N) is 1. The van der Waals surface area contributed by atoms with Crippen molar-refractivity contribution < 1.29 is 13.2 Å². The van der Waals surface area contributed by atoms with Crippen LogP contribution in [0.3, 0.4) is 0 Å². The zero-order chi connectivity index (χ0) is 14.0. The fourth-order valence-corrected chi connectivity index (χ4v) is 3.50. The van der Waals surface area contributed by atoms with Crippen LogP contribution in [-0.2, 0) is 14.8 Å². The van der Waals surface area contributed by atoms with E-state index in [0.717, 1.165) is 0 Å². The van der Waals surface area contributed by atoms with E-state index in [0.29, 0.717) is 5.69 Å². The maximum atomic E-state index is 12.2. The Morgan fingerprint density at radius 3 is 2.56 bits per heavy atom. The smallest absolute Gasteiger partial charge is 0.242 e. The summed E-state index contributed by atoms with van der Waals surface area (Å²) in [5, 5.41) is 0.0933. The number of nitrogen functional groups attached to an aromatic ring is 1. The molecule has 0 heterocycles. The van der Waals surface area contributed by atoms with E-state index >= 15 is 0 Å². The van der Waals surface area contributed by atoms with E-state index in [1.54, 1.807) is 13.8 Å². The summed E-state index contributed by atoms with van der Waals surface area (Å²) >= 11 is 5.89. The SMILES string of the molecule is COCC(C)(C)NS(=O)(=O)c1ccc(N)cc1Cl. The summed E-state index contributed by atoms with van der Waals surface area (Å²) in [4.78, 5) is 0.00236. The molecule has 1 aromatic carbocycles. The molecule has 0 bridgehead atoms. The van der Waals surface area contributed by atoms with E-state index in [1.165, 1.54) is 25.3 Å². The van der Waals surface area contributed by atoms with Gasteiger partial charge in [-0.15, -0.1) is 0 Å². The second-order valence-corrected chi connectivity index (χ2v) is 6.67. The van der Waals surface area contributed by atoms with E-state index in [4.69, 9.17) is 22.1 Å². The Labute approximate surface area is 112 Å². The van der Waals surface area contributed by atoms with E-state index in [2.05, 4.69) is 4.72 Å². The van der Waals surface area contributed by atoms with Crippen molar-refractivity contribution in [3.8, 4) is 0 Å². The molecule has 0 aliphatic carbocycles. The summed E-state index contributed by atoms with van der Waals surface area (Å²) < 4.78 is 31.8. The Morgan fingerprint density at radius 1 is 1.44 bits per heavy atom. The third-order valence-corrected chi connectivity index (χ3v) is 4.34. The van der Waals surface area contributed by atoms with Gasteiger partial charge < -0.3 is 10.5 Å². The summed E-state index contributed by atoms with van der Waals surface area (Å²) in [5.74, 6) is 0. The highest BCUT2D eigenvalue weighted by molar-refractivity contribution is 7.89. The van der Waals surface area contributed by atoms with E-state index < -0.39 is 15.6 Å². The molecule has 0 amide bonds. The Hall–Kier alpha value is -0.820. The largest absolute Gasteiger partial charge is 0.399 e. The predicted octanol–water partition coefficient (Wildman–Crippen LogP) is 1.63. The molecule has 1 aromatic rings. The first-order valence-corrected chi connectivity index (χ1v) is 7.12. The van der Waals surface area contributed by atoms with Gasteiger partial charge in [0.05, 0.1) is 17.2 Å². The number of sulfonamides is 1. The van der Waals surface area contributed by atoms with Crippen molar-refractivity contribution in [1.29, 1.82) is 0 Å². The van der Waals surface area contributed by atoms with Gasteiger partial charge in [-0.1, -0.05) is 11.6 Å². The van der Waals surface area contributed by atoms with Crippen molar-refractivity contribution >= 4 is 27.3 Å². The first kappa shape index (κ1) is 15.2. The molecule has 3 N–H and O–H groups in total. The van der Waals surface area contributed by atoms with Crippen LogP contribution in [0.1, 0.15) is 13.8 Å². The number of rotatable bonds is 5. The van der Waals surface area contributed by atoms with E-state index in [1.807, 2.05) is 0 Å². The van der Waals surface area contributed by atoms with Gasteiger partial charge in [0.1, 0.15) is 4.90 Å². The lowest BCUT2D eigenvalue weighted by Crippen LogP contribution is -2.46. The van der Waals surface area contributed by atoms with Gasteiger partial charge in [0, 0.05) is 12.8 Å². The number of methoxy groups -OCH3 is 1. The normalized spacial score (nSPS) is 12.7. The predicted molar refractivity (Wildman–Crippen MR) is 72.1 cm³/mol. The molecule has 18 heavy (non-hydrogen) atoms. The van der Waals surface area contributed by atoms with Crippen LogP contribution < -0.4 is 10.5 Å². The summed E-state index contributed by atoms with van der Waals surface area (Å²) in [7, 11) is -2.20. The van der Waals surface area contributed by atoms with Crippen LogP contribution in [0.4, 0.5) is 5.69 Å². The summed E-state index contributed by atoms with van der Waals surface area (Å²) in [6, 6.07) is 4.27. The van der Waals surface area contributed by atoms with Crippen molar-refractivity contribution in [3.05, 3.63) is 23.2 Å². The number of benzene rings is 1. The minimum Gasteiger partial charge on any atom is -0.399 e. The lowest BCUT2D eigenvalue weighted by Gasteiger charge is -2.25. The molecule has 0 unspecified atom stereocenters. The van der Waals surface area contributed by atoms with Crippen LogP contribution in [0, 0.1) is 0 Å². The standard InChI is InChI=1S/C11H17ClN2O3S/c1-11(2,7-17-3)14-18(15,16)10-5-4-8(13)6-9(10)12/h4-6,14H,7,13H2,1-3H3. The van der Waals surface area contributed by atoms with Crippen molar-refractivity contribution in [3.63, 3.8) is 0 Å². The van der Waals surface area contributed by atoms with Gasteiger partial charge in [0.25, 0.3) is 0 Å². The molecule has 0 aromatic heterocycles. The van der Waals surface area contributed by atoms with Gasteiger partial charge in [-0.05, 0) is 32.0 Å². The summed E-state index contributed by atoms with van der Waals surface area (Å²) in [6.07, 6.45) is 0. The summed E-state index contributed by atoms with van der Waals surface area (Å²) in [6.45, 7) is 3.69. The molecular weight excluding hydrogens is 276 g/mol. The van der Waals surface area contributed by atoms with Crippen molar-refractivity contribution in [1.82, 2.24) is 4.72 Å². The minimum absolute atomic E-state index is 0.00236. The van der Waals surface area contributed by atoms with Gasteiger partial charge >= 0.3 is 0 Å². The molecule has 102 valence electrons. The second-order valence-electron chi connectivity index (χ2n) is 4.61.